The van der Waals surface area contributed by atoms with Crippen molar-refractivity contribution in [3.63, 3.8) is 0 Å². The molecule has 1 N–H and O–H groups in total. The molecule has 1 amide bonds. The Morgan fingerprint density at radius 3 is 2.50 bits per heavy atom. The van der Waals surface area contributed by atoms with Crippen LogP contribution >= 0.6 is 11.6 Å². The van der Waals surface area contributed by atoms with Gasteiger partial charge in [-0.3, -0.25) is 4.79 Å². The molecule has 0 spiro atoms. The number of carbonyl (C=O) groups is 1. The summed E-state index contributed by atoms with van der Waals surface area (Å²) >= 11 is 5.99. The SMILES string of the molecule is C[C@H](NC(=O)c1cc(S(C)(=O)=O)ccc1Cl)c1cccc(OC(F)F)c1. The number of sulfone groups is 1. The fraction of sp³-hybridized carbons (Fsp3) is 0.235. The summed E-state index contributed by atoms with van der Waals surface area (Å²) in [6, 6.07) is 9.18. The molecule has 2 rings (SSSR count). The van der Waals surface area contributed by atoms with E-state index in [0.29, 0.717) is 5.56 Å². The molecular weight excluding hydrogens is 388 g/mol. The number of alkyl halides is 2. The van der Waals surface area contributed by atoms with Gasteiger partial charge >= 0.3 is 6.61 Å². The van der Waals surface area contributed by atoms with Crippen molar-refractivity contribution in [2.45, 2.75) is 24.5 Å². The minimum Gasteiger partial charge on any atom is -0.435 e. The Bertz CT molecular complexity index is 919. The maximum absolute atomic E-state index is 12.4. The molecule has 0 saturated carbocycles. The molecule has 5 nitrogen and oxygen atoms in total. The summed E-state index contributed by atoms with van der Waals surface area (Å²) in [6.45, 7) is -1.30. The Kier molecular flexibility index (Phi) is 6.20. The van der Waals surface area contributed by atoms with E-state index in [1.54, 1.807) is 13.0 Å². The number of ether oxygens (including phenoxy) is 1. The van der Waals surface area contributed by atoms with Crippen LogP contribution in [0.2, 0.25) is 5.02 Å². The molecule has 9 heteroatoms. The largest absolute Gasteiger partial charge is 0.435 e. The molecule has 2 aromatic rings. The number of hydrogen-bond donors (Lipinski definition) is 1. The predicted octanol–water partition coefficient (Wildman–Crippen LogP) is 3.84. The number of halogens is 3. The lowest BCUT2D eigenvalue weighted by molar-refractivity contribution is -0.0499. The van der Waals surface area contributed by atoms with Gasteiger partial charge in [0.2, 0.25) is 0 Å². The van der Waals surface area contributed by atoms with Crippen molar-refractivity contribution in [1.29, 1.82) is 0 Å². The Labute approximate surface area is 154 Å². The normalized spacial score (nSPS) is 12.7. The van der Waals surface area contributed by atoms with E-state index in [4.69, 9.17) is 11.6 Å². The molecule has 0 aromatic heterocycles. The third-order valence-electron chi connectivity index (χ3n) is 3.54. The molecule has 0 aliphatic carbocycles. The highest BCUT2D eigenvalue weighted by molar-refractivity contribution is 7.90. The third kappa shape index (κ3) is 5.15. The van der Waals surface area contributed by atoms with Crippen LogP contribution in [0.4, 0.5) is 8.78 Å². The first-order valence-corrected chi connectivity index (χ1v) is 9.70. The van der Waals surface area contributed by atoms with Crippen LogP contribution in [0.3, 0.4) is 0 Å². The maximum atomic E-state index is 12.4. The monoisotopic (exact) mass is 403 g/mol. The summed E-state index contributed by atoms with van der Waals surface area (Å²) in [4.78, 5) is 12.4. The Morgan fingerprint density at radius 1 is 1.19 bits per heavy atom. The van der Waals surface area contributed by atoms with Crippen LogP contribution in [-0.2, 0) is 9.84 Å². The predicted molar refractivity (Wildman–Crippen MR) is 93.5 cm³/mol. The van der Waals surface area contributed by atoms with E-state index in [1.807, 2.05) is 0 Å². The first-order valence-electron chi connectivity index (χ1n) is 7.43. The van der Waals surface area contributed by atoms with Crippen LogP contribution in [0.15, 0.2) is 47.4 Å². The summed E-state index contributed by atoms with van der Waals surface area (Å²) in [5, 5.41) is 2.75. The maximum Gasteiger partial charge on any atom is 0.387 e. The number of benzene rings is 2. The van der Waals surface area contributed by atoms with Crippen LogP contribution in [0.5, 0.6) is 5.75 Å². The van der Waals surface area contributed by atoms with Crippen LogP contribution in [0, 0.1) is 0 Å². The van der Waals surface area contributed by atoms with Crippen LogP contribution < -0.4 is 10.1 Å². The first kappa shape index (κ1) is 20.1. The zero-order valence-electron chi connectivity index (χ0n) is 13.9. The van der Waals surface area contributed by atoms with Gasteiger partial charge in [0, 0.05) is 6.26 Å². The number of rotatable bonds is 6. The van der Waals surface area contributed by atoms with E-state index < -0.39 is 28.4 Å². The van der Waals surface area contributed by atoms with Crippen molar-refractivity contribution in [2.24, 2.45) is 0 Å². The fourth-order valence-corrected chi connectivity index (χ4v) is 3.08. The van der Waals surface area contributed by atoms with Gasteiger partial charge in [-0.15, -0.1) is 0 Å². The molecule has 140 valence electrons. The number of amides is 1. The average molecular weight is 404 g/mol. The summed E-state index contributed by atoms with van der Waals surface area (Å²) in [5.74, 6) is -0.621. The molecule has 0 unspecified atom stereocenters. The van der Waals surface area contributed by atoms with Crippen molar-refractivity contribution in [1.82, 2.24) is 5.32 Å². The molecule has 0 saturated heterocycles. The van der Waals surface area contributed by atoms with Gasteiger partial charge in [0.1, 0.15) is 5.75 Å². The van der Waals surface area contributed by atoms with Crippen LogP contribution in [0.1, 0.15) is 28.9 Å². The zero-order valence-corrected chi connectivity index (χ0v) is 15.4. The van der Waals surface area contributed by atoms with Gasteiger partial charge < -0.3 is 10.1 Å². The molecule has 2 aromatic carbocycles. The van der Waals surface area contributed by atoms with E-state index in [1.165, 1.54) is 36.4 Å². The highest BCUT2D eigenvalue weighted by Gasteiger charge is 2.18. The van der Waals surface area contributed by atoms with Crippen LogP contribution in [-0.4, -0.2) is 27.2 Å². The van der Waals surface area contributed by atoms with Crippen molar-refractivity contribution < 1.29 is 26.7 Å². The summed E-state index contributed by atoms with van der Waals surface area (Å²) in [7, 11) is -3.50. The van der Waals surface area contributed by atoms with Gasteiger partial charge in [-0.1, -0.05) is 23.7 Å². The molecule has 1 atom stereocenters. The topological polar surface area (TPSA) is 72.5 Å². The molecular formula is C17H16ClF2NO4S. The van der Waals surface area contributed by atoms with E-state index in [-0.39, 0.29) is 21.2 Å². The molecule has 0 radical (unpaired) electrons. The quantitative estimate of drug-likeness (QED) is 0.795. The fourth-order valence-electron chi connectivity index (χ4n) is 2.23. The molecule has 0 aliphatic heterocycles. The highest BCUT2D eigenvalue weighted by Crippen LogP contribution is 2.24. The van der Waals surface area contributed by atoms with E-state index in [2.05, 4.69) is 10.1 Å². The van der Waals surface area contributed by atoms with Crippen molar-refractivity contribution in [3.05, 3.63) is 58.6 Å². The van der Waals surface area contributed by atoms with Gasteiger partial charge in [-0.25, -0.2) is 8.42 Å². The van der Waals surface area contributed by atoms with Crippen molar-refractivity contribution >= 4 is 27.3 Å². The number of carbonyl (C=O) groups excluding carboxylic acids is 1. The Hall–Kier alpha value is -2.19. The molecule has 26 heavy (non-hydrogen) atoms. The summed E-state index contributed by atoms with van der Waals surface area (Å²) < 4.78 is 52.2. The molecule has 0 heterocycles. The minimum atomic E-state index is -3.50. The van der Waals surface area contributed by atoms with Gasteiger partial charge in [0.15, 0.2) is 9.84 Å². The second-order valence-electron chi connectivity index (χ2n) is 5.56. The summed E-state index contributed by atoms with van der Waals surface area (Å²) in [5.41, 5.74) is 0.535. The van der Waals surface area contributed by atoms with Gasteiger partial charge in [0.05, 0.1) is 21.5 Å². The smallest absolute Gasteiger partial charge is 0.387 e. The van der Waals surface area contributed by atoms with Crippen molar-refractivity contribution in [2.75, 3.05) is 6.26 Å². The molecule has 0 aliphatic rings. The second-order valence-corrected chi connectivity index (χ2v) is 7.98. The summed E-state index contributed by atoms with van der Waals surface area (Å²) in [6.07, 6.45) is 1.02. The lowest BCUT2D eigenvalue weighted by Gasteiger charge is -2.16. The van der Waals surface area contributed by atoms with Crippen molar-refractivity contribution in [3.8, 4) is 5.75 Å². The lowest BCUT2D eigenvalue weighted by atomic mass is 10.1. The zero-order chi connectivity index (χ0) is 19.5. The van der Waals surface area contributed by atoms with Crippen LogP contribution in [0.25, 0.3) is 0 Å². The van der Waals surface area contributed by atoms with E-state index in [0.717, 1.165) is 6.26 Å². The van der Waals surface area contributed by atoms with Gasteiger partial charge in [-0.2, -0.15) is 8.78 Å². The number of hydrogen-bond acceptors (Lipinski definition) is 4. The minimum absolute atomic E-state index is 0.00132. The third-order valence-corrected chi connectivity index (χ3v) is 4.98. The van der Waals surface area contributed by atoms with E-state index in [9.17, 15) is 22.0 Å². The van der Waals surface area contributed by atoms with Gasteiger partial charge in [-0.05, 0) is 42.8 Å². The highest BCUT2D eigenvalue weighted by atomic mass is 35.5. The Balaban J connectivity index is 2.22. The van der Waals surface area contributed by atoms with E-state index >= 15 is 0 Å². The average Bonchev–Trinajstić information content (AvgIpc) is 2.53. The standard InChI is InChI=1S/C17H16ClF2NO4S/c1-10(11-4-3-5-12(8-11)25-17(19)20)21-16(22)14-9-13(26(2,23)24)6-7-15(14)18/h3-10,17H,1-2H3,(H,21,22)/t10-/m0/s1. The Morgan fingerprint density at radius 2 is 1.88 bits per heavy atom. The number of nitrogens with one attached hydrogen (secondary N) is 1. The molecule has 0 bridgehead atoms. The van der Waals surface area contributed by atoms with Gasteiger partial charge in [0.25, 0.3) is 5.91 Å². The first-order chi connectivity index (χ1) is 12.1. The molecule has 0 fully saturated rings. The lowest BCUT2D eigenvalue weighted by Crippen LogP contribution is -2.27. The second kappa shape index (κ2) is 8.01.